The normalized spacial score (nSPS) is 16.2. The number of hydrogen-bond acceptors (Lipinski definition) is 6. The molecule has 0 aliphatic carbocycles. The lowest BCUT2D eigenvalue weighted by Crippen LogP contribution is -2.51. The molecule has 1 heterocycles. The summed E-state index contributed by atoms with van der Waals surface area (Å²) in [6.07, 6.45) is 3.70. The lowest BCUT2D eigenvalue weighted by molar-refractivity contribution is -0.142. The number of methoxy groups -OCH3 is 3. The molecule has 2 rings (SSSR count). The van der Waals surface area contributed by atoms with Crippen molar-refractivity contribution in [3.8, 4) is 11.5 Å². The minimum atomic E-state index is -0.211. The fourth-order valence-corrected chi connectivity index (χ4v) is 3.04. The Balaban J connectivity index is 1.91. The van der Waals surface area contributed by atoms with Crippen molar-refractivity contribution in [3.05, 3.63) is 29.8 Å². The molecule has 27 heavy (non-hydrogen) atoms. The van der Waals surface area contributed by atoms with Crippen LogP contribution in [0.1, 0.15) is 18.9 Å². The molecule has 7 nitrogen and oxygen atoms in total. The van der Waals surface area contributed by atoms with Gasteiger partial charge in [-0.3, -0.25) is 14.5 Å². The molecule has 1 aliphatic heterocycles. The Bertz CT molecular complexity index is 659. The third-order valence-electron chi connectivity index (χ3n) is 4.73. The van der Waals surface area contributed by atoms with Gasteiger partial charge in [-0.15, -0.1) is 0 Å². The van der Waals surface area contributed by atoms with E-state index in [9.17, 15) is 9.59 Å². The average Bonchev–Trinajstić information content (AvgIpc) is 2.71. The molecule has 0 saturated carbocycles. The molecule has 1 fully saturated rings. The maximum absolute atomic E-state index is 12.5. The van der Waals surface area contributed by atoms with E-state index in [-0.39, 0.29) is 17.9 Å². The Hall–Kier alpha value is -2.54. The Morgan fingerprint density at radius 2 is 1.63 bits per heavy atom. The van der Waals surface area contributed by atoms with Crippen LogP contribution in [0.5, 0.6) is 11.5 Å². The first-order valence-electron chi connectivity index (χ1n) is 8.97. The van der Waals surface area contributed by atoms with Gasteiger partial charge in [0.1, 0.15) is 11.5 Å². The lowest BCUT2D eigenvalue weighted by atomic mass is 10.1. The molecule has 0 bridgehead atoms. The largest absolute Gasteiger partial charge is 0.497 e. The first kappa shape index (κ1) is 20.8. The van der Waals surface area contributed by atoms with Crippen molar-refractivity contribution in [3.63, 3.8) is 0 Å². The van der Waals surface area contributed by atoms with Crippen molar-refractivity contribution in [2.45, 2.75) is 19.4 Å². The molecule has 1 aromatic rings. The zero-order valence-corrected chi connectivity index (χ0v) is 16.4. The number of amides is 1. The second-order valence-corrected chi connectivity index (χ2v) is 6.47. The van der Waals surface area contributed by atoms with Gasteiger partial charge in [-0.1, -0.05) is 0 Å². The topological polar surface area (TPSA) is 68.3 Å². The molecule has 0 N–H and O–H groups in total. The van der Waals surface area contributed by atoms with Crippen LogP contribution in [0.4, 0.5) is 0 Å². The smallest absolute Gasteiger partial charge is 0.307 e. The number of hydrogen-bond donors (Lipinski definition) is 0. The lowest BCUT2D eigenvalue weighted by Gasteiger charge is -2.37. The SMILES string of the molecule is COC(=O)CC(C)N1CCN(C(=O)C=Cc2cc(OC)cc(OC)c2)CC1. The van der Waals surface area contributed by atoms with Gasteiger partial charge in [-0.25, -0.2) is 0 Å². The van der Waals surface area contributed by atoms with Crippen LogP contribution in [0.15, 0.2) is 24.3 Å². The van der Waals surface area contributed by atoms with E-state index in [0.29, 0.717) is 31.0 Å². The van der Waals surface area contributed by atoms with Crippen molar-refractivity contribution >= 4 is 18.0 Å². The van der Waals surface area contributed by atoms with Gasteiger partial charge in [0.2, 0.25) is 5.91 Å². The number of rotatable bonds is 7. The molecule has 7 heteroatoms. The number of ether oxygens (including phenoxy) is 3. The van der Waals surface area contributed by atoms with E-state index in [4.69, 9.17) is 14.2 Å². The Morgan fingerprint density at radius 1 is 1.04 bits per heavy atom. The first-order chi connectivity index (χ1) is 13.0. The van der Waals surface area contributed by atoms with E-state index in [1.54, 1.807) is 32.4 Å². The Morgan fingerprint density at radius 3 is 2.15 bits per heavy atom. The molecule has 1 unspecified atom stereocenters. The van der Waals surface area contributed by atoms with Crippen molar-refractivity contribution in [2.75, 3.05) is 47.5 Å². The second kappa shape index (κ2) is 9.97. The van der Waals surface area contributed by atoms with Crippen LogP contribution in [-0.2, 0) is 14.3 Å². The first-order valence-corrected chi connectivity index (χ1v) is 8.97. The third kappa shape index (κ3) is 5.99. The summed E-state index contributed by atoms with van der Waals surface area (Å²) in [5.74, 6) is 1.11. The van der Waals surface area contributed by atoms with E-state index in [0.717, 1.165) is 18.7 Å². The predicted octanol–water partition coefficient (Wildman–Crippen LogP) is 1.81. The molecule has 1 saturated heterocycles. The van der Waals surface area contributed by atoms with Crippen molar-refractivity contribution < 1.29 is 23.8 Å². The molecule has 0 spiro atoms. The molecular weight excluding hydrogens is 348 g/mol. The van der Waals surface area contributed by atoms with Crippen LogP contribution in [0, 0.1) is 0 Å². The predicted molar refractivity (Wildman–Crippen MR) is 103 cm³/mol. The van der Waals surface area contributed by atoms with Gasteiger partial charge in [0.15, 0.2) is 0 Å². The fourth-order valence-electron chi connectivity index (χ4n) is 3.04. The van der Waals surface area contributed by atoms with Gasteiger partial charge >= 0.3 is 5.97 Å². The molecule has 1 amide bonds. The van der Waals surface area contributed by atoms with E-state index < -0.39 is 0 Å². The highest BCUT2D eigenvalue weighted by molar-refractivity contribution is 5.92. The van der Waals surface area contributed by atoms with Crippen LogP contribution in [-0.4, -0.2) is 75.2 Å². The molecule has 1 aromatic carbocycles. The summed E-state index contributed by atoms with van der Waals surface area (Å²) < 4.78 is 15.2. The van der Waals surface area contributed by atoms with Crippen LogP contribution < -0.4 is 9.47 Å². The number of carbonyl (C=O) groups is 2. The maximum Gasteiger partial charge on any atom is 0.307 e. The van der Waals surface area contributed by atoms with Gasteiger partial charge < -0.3 is 19.1 Å². The van der Waals surface area contributed by atoms with Crippen molar-refractivity contribution in [1.82, 2.24) is 9.80 Å². The van der Waals surface area contributed by atoms with Gasteiger partial charge in [-0.2, -0.15) is 0 Å². The van der Waals surface area contributed by atoms with E-state index >= 15 is 0 Å². The molecule has 0 aromatic heterocycles. The van der Waals surface area contributed by atoms with Gasteiger partial charge in [0.05, 0.1) is 27.8 Å². The summed E-state index contributed by atoms with van der Waals surface area (Å²) in [5, 5.41) is 0. The minimum absolute atomic E-state index is 0.0305. The number of benzene rings is 1. The molecule has 1 aliphatic rings. The van der Waals surface area contributed by atoms with E-state index in [1.807, 2.05) is 24.0 Å². The van der Waals surface area contributed by atoms with Crippen LogP contribution >= 0.6 is 0 Å². The number of carbonyl (C=O) groups excluding carboxylic acids is 2. The molecular formula is C20H28N2O5. The zero-order valence-electron chi connectivity index (χ0n) is 16.4. The summed E-state index contributed by atoms with van der Waals surface area (Å²) in [5.41, 5.74) is 0.838. The molecule has 148 valence electrons. The van der Waals surface area contributed by atoms with E-state index in [2.05, 4.69) is 4.90 Å². The fraction of sp³-hybridized carbons (Fsp3) is 0.500. The minimum Gasteiger partial charge on any atom is -0.497 e. The number of piperazine rings is 1. The van der Waals surface area contributed by atoms with E-state index in [1.165, 1.54) is 7.11 Å². The standard InChI is InChI=1S/C20H28N2O5/c1-15(11-20(24)27-4)21-7-9-22(10-8-21)19(23)6-5-16-12-17(25-2)14-18(13-16)26-3/h5-6,12-15H,7-11H2,1-4H3. The Labute approximate surface area is 160 Å². The van der Waals surface area contributed by atoms with Gasteiger partial charge in [-0.05, 0) is 30.7 Å². The quantitative estimate of drug-likeness (QED) is 0.534. The zero-order chi connectivity index (χ0) is 19.8. The van der Waals surface area contributed by atoms with Crippen molar-refractivity contribution in [2.24, 2.45) is 0 Å². The summed E-state index contributed by atoms with van der Waals surface area (Å²) >= 11 is 0. The van der Waals surface area contributed by atoms with Crippen LogP contribution in [0.3, 0.4) is 0 Å². The van der Waals surface area contributed by atoms with Crippen LogP contribution in [0.25, 0.3) is 6.08 Å². The summed E-state index contributed by atoms with van der Waals surface area (Å²) in [6, 6.07) is 5.58. The highest BCUT2D eigenvalue weighted by atomic mass is 16.5. The summed E-state index contributed by atoms with van der Waals surface area (Å²) in [7, 11) is 4.58. The second-order valence-electron chi connectivity index (χ2n) is 6.47. The van der Waals surface area contributed by atoms with Gasteiger partial charge in [0, 0.05) is 44.4 Å². The summed E-state index contributed by atoms with van der Waals surface area (Å²) in [6.45, 7) is 4.76. The highest BCUT2D eigenvalue weighted by Crippen LogP contribution is 2.23. The molecule has 0 radical (unpaired) electrons. The van der Waals surface area contributed by atoms with Gasteiger partial charge in [0.25, 0.3) is 0 Å². The number of nitrogens with zero attached hydrogens (tertiary/aromatic N) is 2. The monoisotopic (exact) mass is 376 g/mol. The maximum atomic E-state index is 12.5. The molecule has 1 atom stereocenters. The third-order valence-corrected chi connectivity index (χ3v) is 4.73. The van der Waals surface area contributed by atoms with Crippen LogP contribution in [0.2, 0.25) is 0 Å². The van der Waals surface area contributed by atoms with Crippen molar-refractivity contribution in [1.29, 1.82) is 0 Å². The summed E-state index contributed by atoms with van der Waals surface area (Å²) in [4.78, 5) is 27.9. The number of esters is 1. The average molecular weight is 376 g/mol. The highest BCUT2D eigenvalue weighted by Gasteiger charge is 2.24. The Kier molecular flexibility index (Phi) is 7.67.